The van der Waals surface area contributed by atoms with Crippen LogP contribution in [-0.2, 0) is 7.05 Å². The second kappa shape index (κ2) is 5.03. The van der Waals surface area contributed by atoms with Crippen molar-refractivity contribution >= 4 is 22.5 Å². The van der Waals surface area contributed by atoms with Gasteiger partial charge in [0.25, 0.3) is 0 Å². The molecule has 3 nitrogen and oxygen atoms in total. The van der Waals surface area contributed by atoms with Crippen LogP contribution in [0, 0.1) is 18.3 Å². The monoisotopic (exact) mass is 279 g/mol. The van der Waals surface area contributed by atoms with Gasteiger partial charge in [0.05, 0.1) is 22.4 Å². The van der Waals surface area contributed by atoms with Gasteiger partial charge in [-0.1, -0.05) is 36.0 Å². The van der Waals surface area contributed by atoms with Crippen LogP contribution in [0.3, 0.4) is 0 Å². The molecule has 0 unspecified atom stereocenters. The van der Waals surface area contributed by atoms with Crippen molar-refractivity contribution in [1.29, 1.82) is 5.26 Å². The molecule has 0 aliphatic rings. The molecule has 0 spiro atoms. The first kappa shape index (κ1) is 12.8. The Morgan fingerprint density at radius 1 is 1.15 bits per heavy atom. The number of benzene rings is 2. The van der Waals surface area contributed by atoms with Gasteiger partial charge in [0.1, 0.15) is 0 Å². The number of aromatic nitrogens is 2. The summed E-state index contributed by atoms with van der Waals surface area (Å²) in [6.07, 6.45) is 0. The predicted molar refractivity (Wildman–Crippen MR) is 80.7 cm³/mol. The quantitative estimate of drug-likeness (QED) is 0.714. The molecule has 3 aromatic rings. The number of fused-ring (bicyclic) bond motifs is 1. The fraction of sp³-hybridized carbons (Fsp3) is 0.125. The van der Waals surface area contributed by atoms with Crippen LogP contribution in [0.5, 0.6) is 0 Å². The summed E-state index contributed by atoms with van der Waals surface area (Å²) in [6.45, 7) is 1.99. The molecule has 1 heterocycles. The number of hydrogen-bond acceptors (Lipinski definition) is 3. The molecule has 0 amide bonds. The number of hydrogen-bond donors (Lipinski definition) is 0. The van der Waals surface area contributed by atoms with Crippen molar-refractivity contribution in [3.63, 3.8) is 0 Å². The van der Waals surface area contributed by atoms with Gasteiger partial charge in [-0.3, -0.25) is 4.68 Å². The zero-order chi connectivity index (χ0) is 14.1. The highest BCUT2D eigenvalue weighted by atomic mass is 32.2. The van der Waals surface area contributed by atoms with Gasteiger partial charge < -0.3 is 0 Å². The molecular weight excluding hydrogens is 266 g/mol. The maximum atomic E-state index is 9.19. The lowest BCUT2D eigenvalue weighted by atomic mass is 10.1. The van der Waals surface area contributed by atoms with Crippen LogP contribution in [0.4, 0.5) is 0 Å². The van der Waals surface area contributed by atoms with Crippen molar-refractivity contribution < 1.29 is 0 Å². The average molecular weight is 279 g/mol. The van der Waals surface area contributed by atoms with Crippen molar-refractivity contribution in [2.75, 3.05) is 0 Å². The summed E-state index contributed by atoms with van der Waals surface area (Å²) in [6, 6.07) is 16.2. The van der Waals surface area contributed by atoms with Crippen molar-refractivity contribution in [3.05, 3.63) is 53.7 Å². The summed E-state index contributed by atoms with van der Waals surface area (Å²) in [5, 5.41) is 16.8. The van der Waals surface area contributed by atoms with Gasteiger partial charge in [0, 0.05) is 17.3 Å². The maximum Gasteiger partial charge on any atom is 0.0998 e. The molecular formula is C16H13N3S. The SMILES string of the molecule is Cc1cc(Sc2ccc(C#N)c3ccccc23)n(C)n1. The molecule has 0 bridgehead atoms. The highest BCUT2D eigenvalue weighted by Gasteiger charge is 2.09. The minimum absolute atomic E-state index is 0.714. The van der Waals surface area contributed by atoms with Crippen molar-refractivity contribution in [2.24, 2.45) is 7.05 Å². The molecule has 3 rings (SSSR count). The van der Waals surface area contributed by atoms with E-state index in [1.807, 2.05) is 49.0 Å². The second-order valence-corrected chi connectivity index (χ2v) is 5.68. The standard InChI is InChI=1S/C16H13N3S/c1-11-9-16(19(2)18-11)20-15-8-7-12(10-17)13-5-3-4-6-14(13)15/h3-9H,1-2H3. The van der Waals surface area contributed by atoms with Gasteiger partial charge in [0.15, 0.2) is 0 Å². The topological polar surface area (TPSA) is 41.6 Å². The van der Waals surface area contributed by atoms with Gasteiger partial charge in [-0.15, -0.1) is 0 Å². The fourth-order valence-electron chi connectivity index (χ4n) is 2.25. The van der Waals surface area contributed by atoms with Gasteiger partial charge in [-0.2, -0.15) is 10.4 Å². The number of rotatable bonds is 2. The van der Waals surface area contributed by atoms with E-state index in [0.29, 0.717) is 5.56 Å². The summed E-state index contributed by atoms with van der Waals surface area (Å²) in [5.41, 5.74) is 1.72. The number of nitriles is 1. The van der Waals surface area contributed by atoms with E-state index in [1.165, 1.54) is 0 Å². The molecule has 0 saturated heterocycles. The lowest BCUT2D eigenvalue weighted by Crippen LogP contribution is -1.92. The molecule has 0 atom stereocenters. The van der Waals surface area contributed by atoms with Gasteiger partial charge in [0.2, 0.25) is 0 Å². The van der Waals surface area contributed by atoms with Crippen molar-refractivity contribution in [1.82, 2.24) is 9.78 Å². The highest BCUT2D eigenvalue weighted by molar-refractivity contribution is 7.99. The molecule has 0 radical (unpaired) electrons. The third-order valence-electron chi connectivity index (χ3n) is 3.18. The van der Waals surface area contributed by atoms with Crippen LogP contribution in [-0.4, -0.2) is 9.78 Å². The summed E-state index contributed by atoms with van der Waals surface area (Å²) in [5.74, 6) is 0. The van der Waals surface area contributed by atoms with Gasteiger partial charge in [-0.05, 0) is 30.5 Å². The fourth-order valence-corrected chi connectivity index (χ4v) is 3.30. The Labute approximate surface area is 121 Å². The largest absolute Gasteiger partial charge is 0.262 e. The van der Waals surface area contributed by atoms with Gasteiger partial charge in [-0.25, -0.2) is 0 Å². The first-order chi connectivity index (χ1) is 9.69. The second-order valence-electron chi connectivity index (χ2n) is 4.62. The lowest BCUT2D eigenvalue weighted by molar-refractivity contribution is 0.692. The Balaban J connectivity index is 2.13. The summed E-state index contributed by atoms with van der Waals surface area (Å²) >= 11 is 1.67. The molecule has 4 heteroatoms. The summed E-state index contributed by atoms with van der Waals surface area (Å²) in [4.78, 5) is 1.14. The summed E-state index contributed by atoms with van der Waals surface area (Å²) < 4.78 is 1.88. The first-order valence-corrected chi connectivity index (χ1v) is 7.11. The maximum absolute atomic E-state index is 9.19. The van der Waals surface area contributed by atoms with Crippen molar-refractivity contribution in [3.8, 4) is 6.07 Å². The first-order valence-electron chi connectivity index (χ1n) is 6.29. The molecule has 0 aliphatic carbocycles. The zero-order valence-electron chi connectivity index (χ0n) is 11.3. The van der Waals surface area contributed by atoms with Crippen LogP contribution in [0.2, 0.25) is 0 Å². The van der Waals surface area contributed by atoms with Crippen LogP contribution < -0.4 is 0 Å². The van der Waals surface area contributed by atoms with E-state index in [-0.39, 0.29) is 0 Å². The molecule has 0 N–H and O–H groups in total. The third kappa shape index (κ3) is 2.17. The van der Waals surface area contributed by atoms with E-state index >= 15 is 0 Å². The highest BCUT2D eigenvalue weighted by Crippen LogP contribution is 2.34. The average Bonchev–Trinajstić information content (AvgIpc) is 2.77. The Kier molecular flexibility index (Phi) is 3.21. The van der Waals surface area contributed by atoms with E-state index in [1.54, 1.807) is 11.8 Å². The predicted octanol–water partition coefficient (Wildman–Crippen LogP) is 3.90. The Bertz CT molecular complexity index is 827. The molecule has 2 aromatic carbocycles. The van der Waals surface area contributed by atoms with Crippen LogP contribution in [0.15, 0.2) is 52.4 Å². The normalized spacial score (nSPS) is 10.7. The van der Waals surface area contributed by atoms with Gasteiger partial charge >= 0.3 is 0 Å². The third-order valence-corrected chi connectivity index (χ3v) is 4.35. The van der Waals surface area contributed by atoms with E-state index < -0.39 is 0 Å². The Morgan fingerprint density at radius 2 is 1.90 bits per heavy atom. The lowest BCUT2D eigenvalue weighted by Gasteiger charge is -2.07. The minimum Gasteiger partial charge on any atom is -0.262 e. The van der Waals surface area contributed by atoms with E-state index in [2.05, 4.69) is 23.3 Å². The van der Waals surface area contributed by atoms with E-state index in [0.717, 1.165) is 26.4 Å². The Morgan fingerprint density at radius 3 is 2.55 bits per heavy atom. The molecule has 0 fully saturated rings. The number of aryl methyl sites for hydroxylation is 2. The molecule has 0 saturated carbocycles. The zero-order valence-corrected chi connectivity index (χ0v) is 12.1. The molecule has 20 heavy (non-hydrogen) atoms. The van der Waals surface area contributed by atoms with Crippen molar-refractivity contribution in [2.45, 2.75) is 16.8 Å². The van der Waals surface area contributed by atoms with Crippen LogP contribution >= 0.6 is 11.8 Å². The Hall–Kier alpha value is -2.25. The van der Waals surface area contributed by atoms with Crippen LogP contribution in [0.1, 0.15) is 11.3 Å². The van der Waals surface area contributed by atoms with E-state index in [4.69, 9.17) is 0 Å². The number of nitrogens with zero attached hydrogens (tertiary/aromatic N) is 3. The molecule has 0 aliphatic heterocycles. The smallest absolute Gasteiger partial charge is 0.0998 e. The molecule has 1 aromatic heterocycles. The van der Waals surface area contributed by atoms with E-state index in [9.17, 15) is 5.26 Å². The van der Waals surface area contributed by atoms with Crippen LogP contribution in [0.25, 0.3) is 10.8 Å². The molecule has 98 valence electrons. The summed E-state index contributed by atoms with van der Waals surface area (Å²) in [7, 11) is 1.95. The minimum atomic E-state index is 0.714.